The van der Waals surface area contributed by atoms with Crippen LogP contribution in [-0.2, 0) is 12.2 Å². The molecule has 0 spiro atoms. The normalized spacial score (nSPS) is 11.2. The standard InChI is InChI=1S/C21H20N4O2S/c1-4-18-23-19(27-24-18)12-28-21-22-17-8-6-5-7-16(17)20(26)25(21)15-10-13(2)9-14(3)11-15/h5-11H,4,12H2,1-3H3. The molecule has 0 unspecified atom stereocenters. The summed E-state index contributed by atoms with van der Waals surface area (Å²) in [6.07, 6.45) is 0.718. The molecule has 7 heteroatoms. The second-order valence-electron chi connectivity index (χ2n) is 6.64. The summed E-state index contributed by atoms with van der Waals surface area (Å²) in [5, 5.41) is 5.13. The predicted molar refractivity (Wildman–Crippen MR) is 110 cm³/mol. The number of aryl methyl sites for hydroxylation is 3. The molecule has 2 aromatic carbocycles. The number of benzene rings is 2. The van der Waals surface area contributed by atoms with Crippen molar-refractivity contribution < 1.29 is 4.52 Å². The highest BCUT2D eigenvalue weighted by Crippen LogP contribution is 2.25. The number of aromatic nitrogens is 4. The van der Waals surface area contributed by atoms with Crippen molar-refractivity contribution in [3.63, 3.8) is 0 Å². The first-order valence-electron chi connectivity index (χ1n) is 9.10. The third-order valence-corrected chi connectivity index (χ3v) is 5.28. The largest absolute Gasteiger partial charge is 0.338 e. The fourth-order valence-corrected chi connectivity index (χ4v) is 3.99. The molecule has 28 heavy (non-hydrogen) atoms. The van der Waals surface area contributed by atoms with Crippen LogP contribution in [0.4, 0.5) is 0 Å². The smallest absolute Gasteiger partial charge is 0.266 e. The van der Waals surface area contributed by atoms with Crippen molar-refractivity contribution in [1.29, 1.82) is 0 Å². The van der Waals surface area contributed by atoms with Crippen molar-refractivity contribution in [2.45, 2.75) is 38.1 Å². The maximum Gasteiger partial charge on any atom is 0.266 e. The molecule has 0 aliphatic heterocycles. The fourth-order valence-electron chi connectivity index (χ4n) is 3.14. The molecule has 0 fully saturated rings. The van der Waals surface area contributed by atoms with Crippen LogP contribution >= 0.6 is 11.8 Å². The summed E-state index contributed by atoms with van der Waals surface area (Å²) in [6.45, 7) is 6.02. The van der Waals surface area contributed by atoms with Gasteiger partial charge in [0, 0.05) is 6.42 Å². The van der Waals surface area contributed by atoms with Gasteiger partial charge >= 0.3 is 0 Å². The first-order valence-corrected chi connectivity index (χ1v) is 10.1. The monoisotopic (exact) mass is 392 g/mol. The maximum atomic E-state index is 13.3. The lowest BCUT2D eigenvalue weighted by molar-refractivity contribution is 0.385. The minimum absolute atomic E-state index is 0.0853. The van der Waals surface area contributed by atoms with Gasteiger partial charge in [-0.15, -0.1) is 0 Å². The third kappa shape index (κ3) is 3.57. The number of fused-ring (bicyclic) bond motifs is 1. The van der Waals surface area contributed by atoms with Gasteiger partial charge in [-0.3, -0.25) is 9.36 Å². The van der Waals surface area contributed by atoms with E-state index >= 15 is 0 Å². The van der Waals surface area contributed by atoms with Gasteiger partial charge in [-0.1, -0.05) is 42.0 Å². The van der Waals surface area contributed by atoms with E-state index in [-0.39, 0.29) is 5.56 Å². The molecule has 0 radical (unpaired) electrons. The van der Waals surface area contributed by atoms with E-state index in [2.05, 4.69) is 16.2 Å². The van der Waals surface area contributed by atoms with Crippen LogP contribution in [0.5, 0.6) is 0 Å². The van der Waals surface area contributed by atoms with Crippen LogP contribution in [-0.4, -0.2) is 19.7 Å². The molecule has 2 aromatic heterocycles. The van der Waals surface area contributed by atoms with Gasteiger partial charge in [-0.25, -0.2) is 4.98 Å². The zero-order valence-corrected chi connectivity index (χ0v) is 16.8. The summed E-state index contributed by atoms with van der Waals surface area (Å²) in [6, 6.07) is 13.5. The number of para-hydroxylation sites is 1. The molecule has 0 bridgehead atoms. The van der Waals surface area contributed by atoms with Crippen LogP contribution in [0.25, 0.3) is 16.6 Å². The lowest BCUT2D eigenvalue weighted by atomic mass is 10.1. The number of hydrogen-bond donors (Lipinski definition) is 0. The third-order valence-electron chi connectivity index (χ3n) is 4.36. The zero-order chi connectivity index (χ0) is 19.7. The molecule has 4 rings (SSSR count). The SMILES string of the molecule is CCc1noc(CSc2nc3ccccc3c(=O)n2-c2cc(C)cc(C)c2)n1. The van der Waals surface area contributed by atoms with Gasteiger partial charge in [-0.2, -0.15) is 4.98 Å². The van der Waals surface area contributed by atoms with E-state index in [1.165, 1.54) is 11.8 Å². The average molecular weight is 392 g/mol. The Morgan fingerprint density at radius 2 is 1.82 bits per heavy atom. The average Bonchev–Trinajstić information content (AvgIpc) is 3.14. The Bertz CT molecular complexity index is 1190. The Labute approximate surface area is 166 Å². The molecule has 2 heterocycles. The van der Waals surface area contributed by atoms with Gasteiger partial charge in [0.1, 0.15) is 0 Å². The predicted octanol–water partition coefficient (Wildman–Crippen LogP) is 4.24. The summed E-state index contributed by atoms with van der Waals surface area (Å²) in [5.74, 6) is 1.65. The topological polar surface area (TPSA) is 73.8 Å². The van der Waals surface area contributed by atoms with Crippen molar-refractivity contribution in [3.8, 4) is 5.69 Å². The first kappa shape index (κ1) is 18.4. The highest BCUT2D eigenvalue weighted by molar-refractivity contribution is 7.98. The molecular weight excluding hydrogens is 372 g/mol. The molecule has 0 saturated carbocycles. The summed E-state index contributed by atoms with van der Waals surface area (Å²) in [7, 11) is 0. The molecule has 0 atom stereocenters. The Balaban J connectivity index is 1.84. The zero-order valence-electron chi connectivity index (χ0n) is 16.0. The van der Waals surface area contributed by atoms with E-state index in [0.717, 1.165) is 23.2 Å². The number of nitrogens with zero attached hydrogens (tertiary/aromatic N) is 4. The van der Waals surface area contributed by atoms with E-state index in [0.29, 0.717) is 33.5 Å². The maximum absolute atomic E-state index is 13.3. The molecule has 6 nitrogen and oxygen atoms in total. The molecular formula is C21H20N4O2S. The summed E-state index contributed by atoms with van der Waals surface area (Å²) in [4.78, 5) is 22.4. The molecule has 142 valence electrons. The van der Waals surface area contributed by atoms with Gasteiger partial charge in [0.05, 0.1) is 22.3 Å². The van der Waals surface area contributed by atoms with Crippen LogP contribution in [0, 0.1) is 13.8 Å². The van der Waals surface area contributed by atoms with E-state index in [1.807, 2.05) is 57.2 Å². The van der Waals surface area contributed by atoms with Gasteiger partial charge in [-0.05, 0) is 49.2 Å². The van der Waals surface area contributed by atoms with Crippen molar-refractivity contribution >= 4 is 22.7 Å². The summed E-state index contributed by atoms with van der Waals surface area (Å²) in [5.41, 5.74) is 3.59. The van der Waals surface area contributed by atoms with Crippen LogP contribution in [0.15, 0.2) is 56.9 Å². The minimum Gasteiger partial charge on any atom is -0.338 e. The van der Waals surface area contributed by atoms with Gasteiger partial charge in [0.2, 0.25) is 5.89 Å². The molecule has 0 amide bonds. The van der Waals surface area contributed by atoms with Crippen LogP contribution in [0.3, 0.4) is 0 Å². The Hall–Kier alpha value is -2.93. The Kier molecular flexibility index (Phi) is 5.00. The van der Waals surface area contributed by atoms with Crippen molar-refractivity contribution in [1.82, 2.24) is 19.7 Å². The van der Waals surface area contributed by atoms with E-state index in [1.54, 1.807) is 4.57 Å². The molecule has 0 aliphatic carbocycles. The quantitative estimate of drug-likeness (QED) is 0.374. The lowest BCUT2D eigenvalue weighted by Gasteiger charge is -2.14. The first-order chi connectivity index (χ1) is 13.5. The Morgan fingerprint density at radius 1 is 1.07 bits per heavy atom. The van der Waals surface area contributed by atoms with Crippen LogP contribution in [0.1, 0.15) is 29.8 Å². The van der Waals surface area contributed by atoms with E-state index < -0.39 is 0 Å². The van der Waals surface area contributed by atoms with E-state index in [4.69, 9.17) is 9.51 Å². The molecule has 0 aliphatic rings. The van der Waals surface area contributed by atoms with Crippen LogP contribution < -0.4 is 5.56 Å². The van der Waals surface area contributed by atoms with E-state index in [9.17, 15) is 4.79 Å². The fraction of sp³-hybridized carbons (Fsp3) is 0.238. The summed E-state index contributed by atoms with van der Waals surface area (Å²) >= 11 is 1.42. The van der Waals surface area contributed by atoms with Gasteiger partial charge in [0.25, 0.3) is 5.56 Å². The van der Waals surface area contributed by atoms with Crippen molar-refractivity contribution in [2.24, 2.45) is 0 Å². The number of hydrogen-bond acceptors (Lipinski definition) is 6. The minimum atomic E-state index is -0.0853. The van der Waals surface area contributed by atoms with Gasteiger partial charge < -0.3 is 4.52 Å². The Morgan fingerprint density at radius 3 is 2.54 bits per heavy atom. The second kappa shape index (κ2) is 7.59. The van der Waals surface area contributed by atoms with Gasteiger partial charge in [0.15, 0.2) is 11.0 Å². The number of thioether (sulfide) groups is 1. The highest BCUT2D eigenvalue weighted by atomic mass is 32.2. The molecule has 0 N–H and O–H groups in total. The molecule has 0 saturated heterocycles. The lowest BCUT2D eigenvalue weighted by Crippen LogP contribution is -2.22. The second-order valence-corrected chi connectivity index (χ2v) is 7.59. The summed E-state index contributed by atoms with van der Waals surface area (Å²) < 4.78 is 6.95. The van der Waals surface area contributed by atoms with Crippen LogP contribution in [0.2, 0.25) is 0 Å². The molecule has 4 aromatic rings. The highest BCUT2D eigenvalue weighted by Gasteiger charge is 2.15. The van der Waals surface area contributed by atoms with Crippen molar-refractivity contribution in [3.05, 3.63) is 75.7 Å². The number of rotatable bonds is 5. The van der Waals surface area contributed by atoms with Crippen molar-refractivity contribution in [2.75, 3.05) is 0 Å².